The van der Waals surface area contributed by atoms with Crippen molar-refractivity contribution in [3.63, 3.8) is 0 Å². The lowest BCUT2D eigenvalue weighted by Gasteiger charge is -2.50. The van der Waals surface area contributed by atoms with Gasteiger partial charge in [0.05, 0.1) is 10.9 Å². The van der Waals surface area contributed by atoms with Crippen LogP contribution in [-0.4, -0.2) is 30.6 Å². The fourth-order valence-corrected chi connectivity index (χ4v) is 5.66. The Morgan fingerprint density at radius 2 is 1.80 bits per heavy atom. The molecule has 0 radical (unpaired) electrons. The maximum Gasteiger partial charge on any atom is 0.150 e. The molecule has 0 amide bonds. The predicted molar refractivity (Wildman–Crippen MR) is 82.3 cm³/mol. The van der Waals surface area contributed by atoms with Gasteiger partial charge in [-0.1, -0.05) is 27.2 Å². The van der Waals surface area contributed by atoms with Crippen LogP contribution < -0.4 is 0 Å². The molecule has 2 rings (SSSR count). The number of hydrogen-bond donors (Lipinski definition) is 1. The van der Waals surface area contributed by atoms with Gasteiger partial charge in [0.1, 0.15) is 9.84 Å². The number of aliphatic hydroxyl groups is 1. The van der Waals surface area contributed by atoms with Crippen molar-refractivity contribution in [3.05, 3.63) is 0 Å². The van der Waals surface area contributed by atoms with Gasteiger partial charge in [0.15, 0.2) is 0 Å². The standard InChI is InChI=1S/C16H30O3S/c1-12-11-15(2,3)8-9-16(12,17)13-6-5-7-14(10-13)20(4,18)19/h12-14,17H,5-11H2,1-4H3. The number of hydrogen-bond acceptors (Lipinski definition) is 3. The lowest BCUT2D eigenvalue weighted by Crippen LogP contribution is -2.51. The third-order valence-corrected chi connectivity index (χ3v) is 7.49. The Hall–Kier alpha value is -0.0900. The summed E-state index contributed by atoms with van der Waals surface area (Å²) in [5, 5.41) is 10.9. The fraction of sp³-hybridized carbons (Fsp3) is 1.00. The van der Waals surface area contributed by atoms with Crippen LogP contribution in [0.4, 0.5) is 0 Å². The molecule has 0 bridgehead atoms. The molecule has 4 heteroatoms. The molecule has 4 atom stereocenters. The van der Waals surface area contributed by atoms with Crippen molar-refractivity contribution in [1.29, 1.82) is 0 Å². The Morgan fingerprint density at radius 3 is 2.35 bits per heavy atom. The smallest absolute Gasteiger partial charge is 0.150 e. The molecule has 0 spiro atoms. The highest BCUT2D eigenvalue weighted by molar-refractivity contribution is 7.91. The van der Waals surface area contributed by atoms with E-state index in [0.717, 1.165) is 38.5 Å². The highest BCUT2D eigenvalue weighted by Crippen LogP contribution is 2.50. The van der Waals surface area contributed by atoms with Crippen LogP contribution in [0.5, 0.6) is 0 Å². The van der Waals surface area contributed by atoms with Gasteiger partial charge in [-0.25, -0.2) is 8.42 Å². The van der Waals surface area contributed by atoms with Gasteiger partial charge in [0.2, 0.25) is 0 Å². The van der Waals surface area contributed by atoms with E-state index in [9.17, 15) is 13.5 Å². The highest BCUT2D eigenvalue weighted by Gasteiger charge is 2.49. The van der Waals surface area contributed by atoms with Gasteiger partial charge < -0.3 is 5.11 Å². The molecule has 0 aromatic heterocycles. The van der Waals surface area contributed by atoms with Crippen molar-refractivity contribution in [2.75, 3.05) is 6.26 Å². The quantitative estimate of drug-likeness (QED) is 0.852. The summed E-state index contributed by atoms with van der Waals surface area (Å²) in [6.07, 6.45) is 7.57. The molecule has 0 saturated heterocycles. The molecule has 2 fully saturated rings. The van der Waals surface area contributed by atoms with E-state index in [2.05, 4.69) is 20.8 Å². The highest BCUT2D eigenvalue weighted by atomic mass is 32.2. The molecular formula is C16H30O3S. The summed E-state index contributed by atoms with van der Waals surface area (Å²) < 4.78 is 23.6. The van der Waals surface area contributed by atoms with Gasteiger partial charge in [-0.3, -0.25) is 0 Å². The first kappa shape index (κ1) is 16.3. The van der Waals surface area contributed by atoms with Gasteiger partial charge in [-0.05, 0) is 55.8 Å². The third kappa shape index (κ3) is 3.22. The van der Waals surface area contributed by atoms with Crippen LogP contribution in [0.25, 0.3) is 0 Å². The van der Waals surface area contributed by atoms with Crippen LogP contribution in [0.1, 0.15) is 65.7 Å². The molecule has 4 unspecified atom stereocenters. The molecular weight excluding hydrogens is 272 g/mol. The van der Waals surface area contributed by atoms with Crippen LogP contribution >= 0.6 is 0 Å². The Balaban J connectivity index is 2.14. The first-order valence-electron chi connectivity index (χ1n) is 7.96. The summed E-state index contributed by atoms with van der Waals surface area (Å²) in [6.45, 7) is 6.68. The third-order valence-electron chi connectivity index (χ3n) is 5.85. The average Bonchev–Trinajstić information content (AvgIpc) is 2.33. The summed E-state index contributed by atoms with van der Waals surface area (Å²) in [4.78, 5) is 0. The lowest BCUT2D eigenvalue weighted by molar-refractivity contribution is -0.120. The summed E-state index contributed by atoms with van der Waals surface area (Å²) in [5.74, 6) is 0.414. The second-order valence-corrected chi connectivity index (χ2v) is 10.4. The van der Waals surface area contributed by atoms with E-state index >= 15 is 0 Å². The van der Waals surface area contributed by atoms with E-state index in [4.69, 9.17) is 0 Å². The summed E-state index contributed by atoms with van der Waals surface area (Å²) in [5.41, 5.74) is -0.352. The van der Waals surface area contributed by atoms with Crippen molar-refractivity contribution in [2.45, 2.75) is 76.6 Å². The SMILES string of the molecule is CC1CC(C)(C)CCC1(O)C1CCCC(S(C)(=O)=O)C1. The van der Waals surface area contributed by atoms with Crippen LogP contribution in [0, 0.1) is 17.3 Å². The summed E-state index contributed by atoms with van der Waals surface area (Å²) in [7, 11) is -2.98. The second kappa shape index (κ2) is 5.28. The molecule has 3 nitrogen and oxygen atoms in total. The average molecular weight is 302 g/mol. The molecule has 2 aliphatic rings. The summed E-state index contributed by atoms with van der Waals surface area (Å²) in [6, 6.07) is 0. The van der Waals surface area contributed by atoms with Crippen molar-refractivity contribution < 1.29 is 13.5 Å². The van der Waals surface area contributed by atoms with Crippen LogP contribution in [-0.2, 0) is 9.84 Å². The fourth-order valence-electron chi connectivity index (χ4n) is 4.49. The Labute approximate surface area is 124 Å². The van der Waals surface area contributed by atoms with E-state index in [-0.39, 0.29) is 17.1 Å². The molecule has 118 valence electrons. The maximum absolute atomic E-state index is 11.8. The molecule has 1 N–H and O–H groups in total. The molecule has 2 aliphatic carbocycles. The largest absolute Gasteiger partial charge is 0.389 e. The van der Waals surface area contributed by atoms with Gasteiger partial charge in [0.25, 0.3) is 0 Å². The maximum atomic E-state index is 11.8. The molecule has 2 saturated carbocycles. The number of sulfone groups is 1. The Bertz CT molecular complexity index is 454. The van der Waals surface area contributed by atoms with E-state index in [1.807, 2.05) is 0 Å². The van der Waals surface area contributed by atoms with E-state index in [1.165, 1.54) is 6.26 Å². The van der Waals surface area contributed by atoms with Gasteiger partial charge in [0, 0.05) is 6.26 Å². The zero-order valence-electron chi connectivity index (χ0n) is 13.4. The zero-order chi connectivity index (χ0) is 15.2. The van der Waals surface area contributed by atoms with Crippen molar-refractivity contribution >= 4 is 9.84 Å². The first-order chi connectivity index (χ1) is 9.05. The minimum Gasteiger partial charge on any atom is -0.389 e. The van der Waals surface area contributed by atoms with E-state index in [0.29, 0.717) is 11.8 Å². The van der Waals surface area contributed by atoms with E-state index < -0.39 is 15.4 Å². The first-order valence-corrected chi connectivity index (χ1v) is 9.91. The summed E-state index contributed by atoms with van der Waals surface area (Å²) >= 11 is 0. The Kier molecular flexibility index (Phi) is 4.29. The predicted octanol–water partition coefficient (Wildman–Crippen LogP) is 3.17. The van der Waals surface area contributed by atoms with Crippen LogP contribution in [0.3, 0.4) is 0 Å². The topological polar surface area (TPSA) is 54.4 Å². The van der Waals surface area contributed by atoms with Gasteiger partial charge in [-0.2, -0.15) is 0 Å². The van der Waals surface area contributed by atoms with Crippen molar-refractivity contribution in [2.24, 2.45) is 17.3 Å². The normalized spacial score (nSPS) is 42.4. The number of rotatable bonds is 2. The molecule has 0 aromatic carbocycles. The monoisotopic (exact) mass is 302 g/mol. The van der Waals surface area contributed by atoms with Crippen molar-refractivity contribution in [1.82, 2.24) is 0 Å². The second-order valence-electron chi connectivity index (χ2n) is 8.08. The molecule has 20 heavy (non-hydrogen) atoms. The van der Waals surface area contributed by atoms with Crippen molar-refractivity contribution in [3.8, 4) is 0 Å². The Morgan fingerprint density at radius 1 is 1.15 bits per heavy atom. The lowest BCUT2D eigenvalue weighted by atomic mass is 9.59. The minimum absolute atomic E-state index is 0.155. The van der Waals surface area contributed by atoms with Crippen LogP contribution in [0.15, 0.2) is 0 Å². The molecule has 0 heterocycles. The van der Waals surface area contributed by atoms with Gasteiger partial charge >= 0.3 is 0 Å². The molecule has 0 aliphatic heterocycles. The van der Waals surface area contributed by atoms with Crippen LogP contribution in [0.2, 0.25) is 0 Å². The van der Waals surface area contributed by atoms with E-state index in [1.54, 1.807) is 0 Å². The molecule has 0 aromatic rings. The minimum atomic E-state index is -2.98. The van der Waals surface area contributed by atoms with Gasteiger partial charge in [-0.15, -0.1) is 0 Å². The zero-order valence-corrected chi connectivity index (χ0v) is 14.2.